The first-order valence-electron chi connectivity index (χ1n) is 7.98. The second kappa shape index (κ2) is 7.37. The summed E-state index contributed by atoms with van der Waals surface area (Å²) in [4.78, 5) is 0. The molecule has 2 aliphatic rings. The zero-order valence-electron chi connectivity index (χ0n) is 13.4. The molecule has 124 valence electrons. The summed E-state index contributed by atoms with van der Waals surface area (Å²) in [5.41, 5.74) is 0. The molecule has 7 heteroatoms. The van der Waals surface area contributed by atoms with Gasteiger partial charge in [-0.3, -0.25) is 0 Å². The van der Waals surface area contributed by atoms with Crippen LogP contribution in [-0.2, 0) is 14.9 Å². The number of nitrogens with zero attached hydrogens (tertiary/aromatic N) is 2. The zero-order chi connectivity index (χ0) is 15.5. The molecule has 21 heavy (non-hydrogen) atoms. The Morgan fingerprint density at radius 3 is 2.62 bits per heavy atom. The van der Waals surface area contributed by atoms with Gasteiger partial charge in [-0.2, -0.15) is 17.0 Å². The highest BCUT2D eigenvalue weighted by atomic mass is 32.2. The van der Waals surface area contributed by atoms with Gasteiger partial charge in [-0.25, -0.2) is 0 Å². The minimum absolute atomic E-state index is 0.0387. The molecular weight excluding hydrogens is 290 g/mol. The normalized spacial score (nSPS) is 29.3. The number of piperidine rings is 1. The van der Waals surface area contributed by atoms with E-state index in [0.717, 1.165) is 32.2 Å². The number of methoxy groups -OCH3 is 1. The van der Waals surface area contributed by atoms with Gasteiger partial charge >= 0.3 is 0 Å². The molecule has 0 aliphatic carbocycles. The summed E-state index contributed by atoms with van der Waals surface area (Å²) in [5, 5.41) is 3.38. The van der Waals surface area contributed by atoms with Crippen molar-refractivity contribution in [3.63, 3.8) is 0 Å². The first-order chi connectivity index (χ1) is 9.95. The van der Waals surface area contributed by atoms with Crippen LogP contribution in [0.2, 0.25) is 0 Å². The Labute approximate surface area is 129 Å². The van der Waals surface area contributed by atoms with E-state index in [0.29, 0.717) is 25.7 Å². The maximum Gasteiger partial charge on any atom is 0.282 e. The van der Waals surface area contributed by atoms with Gasteiger partial charge < -0.3 is 10.1 Å². The van der Waals surface area contributed by atoms with Crippen LogP contribution in [0.5, 0.6) is 0 Å². The third-order valence-corrected chi connectivity index (χ3v) is 6.46. The van der Waals surface area contributed by atoms with Crippen molar-refractivity contribution in [3.8, 4) is 0 Å². The average molecular weight is 319 g/mol. The number of hydrogen-bond donors (Lipinski definition) is 1. The molecule has 0 spiro atoms. The topological polar surface area (TPSA) is 61.9 Å². The highest BCUT2D eigenvalue weighted by Crippen LogP contribution is 2.25. The molecule has 0 aromatic carbocycles. The van der Waals surface area contributed by atoms with Crippen LogP contribution < -0.4 is 5.32 Å². The van der Waals surface area contributed by atoms with E-state index < -0.39 is 10.2 Å². The molecule has 2 saturated heterocycles. The highest BCUT2D eigenvalue weighted by Gasteiger charge is 2.39. The fraction of sp³-hybridized carbons (Fsp3) is 1.00. The second-order valence-corrected chi connectivity index (χ2v) is 8.22. The van der Waals surface area contributed by atoms with E-state index in [1.807, 2.05) is 0 Å². The first kappa shape index (κ1) is 17.1. The number of ether oxygens (including phenoxy) is 1. The summed E-state index contributed by atoms with van der Waals surface area (Å²) in [5.74, 6) is 0. The van der Waals surface area contributed by atoms with Crippen molar-refractivity contribution < 1.29 is 13.2 Å². The molecule has 2 aliphatic heterocycles. The molecular formula is C14H29N3O3S. The fourth-order valence-corrected chi connectivity index (χ4v) is 5.01. The minimum atomic E-state index is -3.36. The molecule has 2 atom stereocenters. The van der Waals surface area contributed by atoms with Crippen LogP contribution >= 0.6 is 0 Å². The van der Waals surface area contributed by atoms with Gasteiger partial charge in [0.15, 0.2) is 0 Å². The standard InChI is InChI=1S/C14H29N3O3S/c1-12(2)15-10-13-6-4-5-8-17(13)21(18,19)16-9-7-14(11-16)20-3/h12-15H,4-11H2,1-3H3. The molecule has 1 N–H and O–H groups in total. The molecule has 0 aromatic heterocycles. The van der Waals surface area contributed by atoms with Crippen molar-refractivity contribution >= 4 is 10.2 Å². The van der Waals surface area contributed by atoms with Gasteiger partial charge in [-0.15, -0.1) is 0 Å². The van der Waals surface area contributed by atoms with Crippen LogP contribution in [-0.4, -0.2) is 68.5 Å². The van der Waals surface area contributed by atoms with E-state index in [-0.39, 0.29) is 12.1 Å². The largest absolute Gasteiger partial charge is 0.380 e. The second-order valence-electron chi connectivity index (χ2n) is 6.34. The fourth-order valence-electron chi connectivity index (χ4n) is 3.10. The number of hydrogen-bond acceptors (Lipinski definition) is 4. The molecule has 0 bridgehead atoms. The molecule has 2 rings (SSSR count). The van der Waals surface area contributed by atoms with Crippen molar-refractivity contribution in [1.82, 2.24) is 13.9 Å². The number of nitrogens with one attached hydrogen (secondary N) is 1. The maximum absolute atomic E-state index is 12.9. The maximum atomic E-state index is 12.9. The summed E-state index contributed by atoms with van der Waals surface area (Å²) >= 11 is 0. The Bertz CT molecular complexity index is 427. The van der Waals surface area contributed by atoms with Crippen LogP contribution in [0, 0.1) is 0 Å². The van der Waals surface area contributed by atoms with Crippen molar-refractivity contribution in [1.29, 1.82) is 0 Å². The Hall–Kier alpha value is -0.210. The first-order valence-corrected chi connectivity index (χ1v) is 9.38. The number of rotatable bonds is 6. The predicted octanol–water partition coefficient (Wildman–Crippen LogP) is 0.804. The van der Waals surface area contributed by atoms with Gasteiger partial charge in [0.2, 0.25) is 0 Å². The lowest BCUT2D eigenvalue weighted by molar-refractivity contribution is 0.114. The van der Waals surface area contributed by atoms with Gasteiger partial charge in [-0.1, -0.05) is 20.3 Å². The lowest BCUT2D eigenvalue weighted by Crippen LogP contribution is -2.53. The molecule has 6 nitrogen and oxygen atoms in total. The molecule has 0 aromatic rings. The zero-order valence-corrected chi connectivity index (χ0v) is 14.2. The Morgan fingerprint density at radius 2 is 2.00 bits per heavy atom. The van der Waals surface area contributed by atoms with Gasteiger partial charge in [0.05, 0.1) is 6.10 Å². The van der Waals surface area contributed by atoms with E-state index in [1.54, 1.807) is 15.7 Å². The third-order valence-electron chi connectivity index (χ3n) is 4.40. The van der Waals surface area contributed by atoms with Crippen molar-refractivity contribution in [2.24, 2.45) is 0 Å². The van der Waals surface area contributed by atoms with E-state index in [2.05, 4.69) is 19.2 Å². The summed E-state index contributed by atoms with van der Waals surface area (Å²) in [6, 6.07) is 0.453. The van der Waals surface area contributed by atoms with Gasteiger partial charge in [0.25, 0.3) is 10.2 Å². The Balaban J connectivity index is 2.05. The Morgan fingerprint density at radius 1 is 1.24 bits per heavy atom. The van der Waals surface area contributed by atoms with E-state index >= 15 is 0 Å². The molecule has 2 unspecified atom stereocenters. The van der Waals surface area contributed by atoms with Crippen LogP contribution in [0.1, 0.15) is 39.5 Å². The van der Waals surface area contributed by atoms with Crippen LogP contribution in [0.4, 0.5) is 0 Å². The minimum Gasteiger partial charge on any atom is -0.380 e. The van der Waals surface area contributed by atoms with Crippen LogP contribution in [0.15, 0.2) is 0 Å². The van der Waals surface area contributed by atoms with E-state index in [1.165, 1.54) is 0 Å². The van der Waals surface area contributed by atoms with E-state index in [9.17, 15) is 8.42 Å². The average Bonchev–Trinajstić information content (AvgIpc) is 2.95. The summed E-state index contributed by atoms with van der Waals surface area (Å²) < 4.78 is 34.3. The van der Waals surface area contributed by atoms with Crippen molar-refractivity contribution in [2.45, 2.75) is 57.7 Å². The van der Waals surface area contributed by atoms with Crippen LogP contribution in [0.3, 0.4) is 0 Å². The molecule has 0 amide bonds. The third kappa shape index (κ3) is 4.16. The molecule has 2 fully saturated rings. The molecule has 2 heterocycles. The summed E-state index contributed by atoms with van der Waals surface area (Å²) in [6.45, 7) is 6.61. The van der Waals surface area contributed by atoms with Crippen molar-refractivity contribution in [3.05, 3.63) is 0 Å². The summed E-state index contributed by atoms with van der Waals surface area (Å²) in [6.07, 6.45) is 3.84. The quantitative estimate of drug-likeness (QED) is 0.787. The smallest absolute Gasteiger partial charge is 0.282 e. The molecule has 0 radical (unpaired) electrons. The summed E-state index contributed by atoms with van der Waals surface area (Å²) in [7, 11) is -1.71. The van der Waals surface area contributed by atoms with Crippen LogP contribution in [0.25, 0.3) is 0 Å². The lowest BCUT2D eigenvalue weighted by atomic mass is 10.0. The van der Waals surface area contributed by atoms with Gasteiger partial charge in [0.1, 0.15) is 0 Å². The monoisotopic (exact) mass is 319 g/mol. The Kier molecular flexibility index (Phi) is 6.02. The van der Waals surface area contributed by atoms with Gasteiger partial charge in [-0.05, 0) is 19.3 Å². The van der Waals surface area contributed by atoms with Gasteiger partial charge in [0, 0.05) is 45.4 Å². The predicted molar refractivity (Wildman–Crippen MR) is 83.4 cm³/mol. The lowest BCUT2D eigenvalue weighted by Gasteiger charge is -2.37. The van der Waals surface area contributed by atoms with Crippen molar-refractivity contribution in [2.75, 3.05) is 33.3 Å². The van der Waals surface area contributed by atoms with E-state index in [4.69, 9.17) is 4.74 Å². The SMILES string of the molecule is COC1CCN(S(=O)(=O)N2CCCCC2CNC(C)C)C1. The highest BCUT2D eigenvalue weighted by molar-refractivity contribution is 7.86. The molecule has 0 saturated carbocycles.